The van der Waals surface area contributed by atoms with Crippen LogP contribution in [0.3, 0.4) is 0 Å². The first-order chi connectivity index (χ1) is 14.3. The van der Waals surface area contributed by atoms with Gasteiger partial charge in [-0.3, -0.25) is 4.79 Å². The van der Waals surface area contributed by atoms with E-state index in [2.05, 4.69) is 25.7 Å². The van der Waals surface area contributed by atoms with Crippen LogP contribution in [0.2, 0.25) is 0 Å². The monoisotopic (exact) mass is 386 g/mol. The smallest absolute Gasteiger partial charge is 0.262 e. The molecule has 0 aliphatic rings. The van der Waals surface area contributed by atoms with Gasteiger partial charge in [0.05, 0.1) is 0 Å². The van der Waals surface area contributed by atoms with E-state index >= 15 is 0 Å². The second-order valence-electron chi connectivity index (χ2n) is 6.06. The van der Waals surface area contributed by atoms with Gasteiger partial charge >= 0.3 is 0 Å². The number of hydrogen-bond donors (Lipinski definition) is 2. The van der Waals surface area contributed by atoms with Crippen LogP contribution in [-0.4, -0.2) is 32.3 Å². The Kier molecular flexibility index (Phi) is 5.43. The number of amides is 1. The molecule has 2 aromatic heterocycles. The molecule has 0 saturated heterocycles. The molecule has 0 radical (unpaired) electrons. The van der Waals surface area contributed by atoms with Crippen molar-refractivity contribution in [2.75, 3.05) is 17.2 Å². The number of rotatable bonds is 7. The first kappa shape index (κ1) is 18.2. The number of carbonyl (C=O) groups is 1. The number of para-hydroxylation sites is 1. The molecular weight excluding hydrogens is 368 g/mol. The highest BCUT2D eigenvalue weighted by Gasteiger charge is 2.05. The lowest BCUT2D eigenvalue weighted by atomic mass is 10.2. The van der Waals surface area contributed by atoms with E-state index in [1.165, 1.54) is 6.33 Å². The molecule has 0 aliphatic carbocycles. The summed E-state index contributed by atoms with van der Waals surface area (Å²) in [6, 6.07) is 20.1. The lowest BCUT2D eigenvalue weighted by Gasteiger charge is -2.09. The molecule has 2 aromatic carbocycles. The number of nitrogens with one attached hydrogen (secondary N) is 2. The van der Waals surface area contributed by atoms with Crippen LogP contribution in [0.5, 0.6) is 5.75 Å². The molecule has 8 heteroatoms. The van der Waals surface area contributed by atoms with E-state index in [1.807, 2.05) is 42.6 Å². The second-order valence-corrected chi connectivity index (χ2v) is 6.06. The average Bonchev–Trinajstić information content (AvgIpc) is 3.30. The molecule has 2 heterocycles. The molecule has 2 N–H and O–H groups in total. The van der Waals surface area contributed by atoms with Crippen LogP contribution in [0.15, 0.2) is 85.5 Å². The molecule has 0 bridgehead atoms. The summed E-state index contributed by atoms with van der Waals surface area (Å²) >= 11 is 0. The summed E-state index contributed by atoms with van der Waals surface area (Å²) in [5.74, 6) is 1.73. The molecule has 4 rings (SSSR count). The largest absolute Gasteiger partial charge is 0.484 e. The lowest BCUT2D eigenvalue weighted by molar-refractivity contribution is -0.118. The minimum atomic E-state index is -0.228. The van der Waals surface area contributed by atoms with Gasteiger partial charge in [0.1, 0.15) is 17.9 Å². The van der Waals surface area contributed by atoms with Crippen molar-refractivity contribution in [3.8, 4) is 11.6 Å². The Balaban J connectivity index is 1.33. The molecule has 0 spiro atoms. The Morgan fingerprint density at radius 3 is 2.52 bits per heavy atom. The van der Waals surface area contributed by atoms with Crippen LogP contribution in [0, 0.1) is 0 Å². The molecule has 144 valence electrons. The quantitative estimate of drug-likeness (QED) is 0.505. The van der Waals surface area contributed by atoms with E-state index in [0.717, 1.165) is 5.69 Å². The highest BCUT2D eigenvalue weighted by Crippen LogP contribution is 2.18. The molecule has 8 nitrogen and oxygen atoms in total. The van der Waals surface area contributed by atoms with Crippen molar-refractivity contribution in [2.24, 2.45) is 0 Å². The van der Waals surface area contributed by atoms with Gasteiger partial charge in [0.15, 0.2) is 12.4 Å². The fourth-order valence-electron chi connectivity index (χ4n) is 2.59. The van der Waals surface area contributed by atoms with Crippen molar-refractivity contribution >= 4 is 23.1 Å². The minimum absolute atomic E-state index is 0.0544. The standard InChI is InChI=1S/C21H18N6O2/c28-21(14-29-18-5-2-1-3-6-18)26-17-9-7-16(8-10-17)25-19-13-20(23-15-22-19)27-12-4-11-24-27/h1-13,15H,14H2,(H,26,28)(H,22,23,25). The number of hydrogen-bond acceptors (Lipinski definition) is 6. The van der Waals surface area contributed by atoms with E-state index in [1.54, 1.807) is 41.2 Å². The van der Waals surface area contributed by atoms with Gasteiger partial charge in [0.2, 0.25) is 0 Å². The fourth-order valence-corrected chi connectivity index (χ4v) is 2.59. The molecule has 4 aromatic rings. The molecule has 1 amide bonds. The van der Waals surface area contributed by atoms with Gasteiger partial charge in [0.25, 0.3) is 5.91 Å². The Morgan fingerprint density at radius 2 is 1.76 bits per heavy atom. The average molecular weight is 386 g/mol. The summed E-state index contributed by atoms with van der Waals surface area (Å²) in [5.41, 5.74) is 1.51. The molecule has 0 atom stereocenters. The third-order valence-electron chi connectivity index (χ3n) is 3.95. The van der Waals surface area contributed by atoms with E-state index in [4.69, 9.17) is 4.74 Å². The summed E-state index contributed by atoms with van der Waals surface area (Å²) in [6.07, 6.45) is 4.97. The van der Waals surface area contributed by atoms with Crippen LogP contribution in [0.4, 0.5) is 17.2 Å². The number of anilines is 3. The normalized spacial score (nSPS) is 10.3. The third kappa shape index (κ3) is 4.95. The van der Waals surface area contributed by atoms with Gasteiger partial charge in [-0.05, 0) is 42.5 Å². The number of aromatic nitrogens is 4. The third-order valence-corrected chi connectivity index (χ3v) is 3.95. The van der Waals surface area contributed by atoms with Crippen LogP contribution in [0.1, 0.15) is 0 Å². The van der Waals surface area contributed by atoms with Crippen molar-refractivity contribution in [2.45, 2.75) is 0 Å². The van der Waals surface area contributed by atoms with Crippen LogP contribution in [-0.2, 0) is 4.79 Å². The zero-order valence-electron chi connectivity index (χ0n) is 15.4. The Morgan fingerprint density at radius 1 is 0.966 bits per heavy atom. The highest BCUT2D eigenvalue weighted by atomic mass is 16.5. The fraction of sp³-hybridized carbons (Fsp3) is 0.0476. The molecule has 29 heavy (non-hydrogen) atoms. The predicted octanol–water partition coefficient (Wildman–Crippen LogP) is 3.42. The molecule has 0 unspecified atom stereocenters. The van der Waals surface area contributed by atoms with E-state index < -0.39 is 0 Å². The van der Waals surface area contributed by atoms with Crippen molar-refractivity contribution in [1.29, 1.82) is 0 Å². The van der Waals surface area contributed by atoms with Crippen LogP contribution >= 0.6 is 0 Å². The predicted molar refractivity (Wildman–Crippen MR) is 109 cm³/mol. The molecule has 0 aliphatic heterocycles. The van der Waals surface area contributed by atoms with E-state index in [9.17, 15) is 4.79 Å². The zero-order chi connectivity index (χ0) is 19.9. The summed E-state index contributed by atoms with van der Waals surface area (Å²) < 4.78 is 7.09. The number of benzene rings is 2. The maximum atomic E-state index is 12.0. The van der Waals surface area contributed by atoms with E-state index in [0.29, 0.717) is 23.1 Å². The molecular formula is C21H18N6O2. The van der Waals surface area contributed by atoms with Crippen molar-refractivity contribution < 1.29 is 9.53 Å². The van der Waals surface area contributed by atoms with Gasteiger partial charge in [-0.15, -0.1) is 0 Å². The SMILES string of the molecule is O=C(COc1ccccc1)Nc1ccc(Nc2cc(-n3cccn3)ncn2)cc1. The maximum Gasteiger partial charge on any atom is 0.262 e. The Hall–Kier alpha value is -4.20. The zero-order valence-corrected chi connectivity index (χ0v) is 15.4. The Bertz CT molecular complexity index is 1070. The number of carbonyl (C=O) groups excluding carboxylic acids is 1. The van der Waals surface area contributed by atoms with Gasteiger partial charge in [-0.25, -0.2) is 14.6 Å². The number of ether oxygens (including phenoxy) is 1. The second kappa shape index (κ2) is 8.66. The van der Waals surface area contributed by atoms with E-state index in [-0.39, 0.29) is 12.5 Å². The van der Waals surface area contributed by atoms with Crippen molar-refractivity contribution in [1.82, 2.24) is 19.7 Å². The maximum absolute atomic E-state index is 12.0. The summed E-state index contributed by atoms with van der Waals surface area (Å²) in [6.45, 7) is -0.0544. The van der Waals surface area contributed by atoms with Gasteiger partial charge in [-0.2, -0.15) is 5.10 Å². The highest BCUT2D eigenvalue weighted by molar-refractivity contribution is 5.92. The molecule has 0 saturated carbocycles. The van der Waals surface area contributed by atoms with Gasteiger partial charge in [-0.1, -0.05) is 18.2 Å². The summed E-state index contributed by atoms with van der Waals surface area (Å²) in [4.78, 5) is 20.5. The van der Waals surface area contributed by atoms with Crippen molar-refractivity contribution in [3.63, 3.8) is 0 Å². The van der Waals surface area contributed by atoms with Crippen molar-refractivity contribution in [3.05, 3.63) is 85.5 Å². The topological polar surface area (TPSA) is 94.0 Å². The lowest BCUT2D eigenvalue weighted by Crippen LogP contribution is -2.20. The van der Waals surface area contributed by atoms with Gasteiger partial charge < -0.3 is 15.4 Å². The van der Waals surface area contributed by atoms with Crippen LogP contribution < -0.4 is 15.4 Å². The first-order valence-electron chi connectivity index (χ1n) is 8.93. The number of nitrogens with zero attached hydrogens (tertiary/aromatic N) is 4. The first-order valence-corrected chi connectivity index (χ1v) is 8.93. The summed E-state index contributed by atoms with van der Waals surface area (Å²) in [7, 11) is 0. The molecule has 0 fully saturated rings. The Labute approximate surface area is 167 Å². The minimum Gasteiger partial charge on any atom is -0.484 e. The van der Waals surface area contributed by atoms with Crippen LogP contribution in [0.25, 0.3) is 5.82 Å². The van der Waals surface area contributed by atoms with Gasteiger partial charge in [0, 0.05) is 29.8 Å². The summed E-state index contributed by atoms with van der Waals surface area (Å²) in [5, 5.41) is 10.2.